The molecule has 0 atom stereocenters. The Morgan fingerprint density at radius 2 is 1.94 bits per heavy atom. The van der Waals surface area contributed by atoms with Gasteiger partial charge in [0.05, 0.1) is 17.3 Å². The van der Waals surface area contributed by atoms with Gasteiger partial charge in [0.25, 0.3) is 0 Å². The van der Waals surface area contributed by atoms with Crippen molar-refractivity contribution in [3.63, 3.8) is 0 Å². The van der Waals surface area contributed by atoms with Gasteiger partial charge in [-0.15, -0.1) is 0 Å². The fourth-order valence-corrected chi connectivity index (χ4v) is 1.92. The lowest BCUT2D eigenvalue weighted by molar-refractivity contribution is -0.385. The molecule has 0 unspecified atom stereocenters. The molecule has 0 aliphatic rings. The average molecular weight is 274 g/mol. The Hall–Kier alpha value is -1.67. The van der Waals surface area contributed by atoms with E-state index in [2.05, 4.69) is 0 Å². The lowest BCUT2D eigenvalue weighted by Crippen LogP contribution is -2.16. The molecule has 0 saturated carbocycles. The molecule has 0 aliphatic carbocycles. The zero-order valence-corrected chi connectivity index (χ0v) is 10.4. The zero-order valence-electron chi connectivity index (χ0n) is 9.61. The molecule has 0 heterocycles. The van der Waals surface area contributed by atoms with Crippen LogP contribution in [-0.4, -0.2) is 25.7 Å². The highest BCUT2D eigenvalue weighted by atomic mass is 32.2. The Kier molecular flexibility index (Phi) is 5.05. The highest BCUT2D eigenvalue weighted by molar-refractivity contribution is 7.89. The van der Waals surface area contributed by atoms with Crippen molar-refractivity contribution >= 4 is 15.7 Å². The normalized spacial score (nSPS) is 11.2. The van der Waals surface area contributed by atoms with Gasteiger partial charge in [-0.2, -0.15) is 0 Å². The maximum atomic E-state index is 10.7. The third-order valence-electron chi connectivity index (χ3n) is 2.14. The van der Waals surface area contributed by atoms with Gasteiger partial charge < -0.3 is 4.74 Å². The second-order valence-electron chi connectivity index (χ2n) is 3.65. The molecule has 100 valence electrons. The number of nitrogens with two attached hydrogens (primary N) is 1. The first kappa shape index (κ1) is 14.4. The van der Waals surface area contributed by atoms with Crippen molar-refractivity contribution < 1.29 is 18.1 Å². The first-order valence-electron chi connectivity index (χ1n) is 5.27. The topological polar surface area (TPSA) is 113 Å². The van der Waals surface area contributed by atoms with Crippen molar-refractivity contribution in [2.45, 2.75) is 12.8 Å². The van der Waals surface area contributed by atoms with Crippen LogP contribution in [0.3, 0.4) is 0 Å². The SMILES string of the molecule is NS(=O)(=O)CCCCOc1ccccc1[N+](=O)[O-]. The van der Waals surface area contributed by atoms with Crippen LogP contribution in [0, 0.1) is 10.1 Å². The molecule has 0 aliphatic heterocycles. The molecule has 2 N–H and O–H groups in total. The quantitative estimate of drug-likeness (QED) is 0.453. The van der Waals surface area contributed by atoms with Crippen molar-refractivity contribution in [2.24, 2.45) is 5.14 Å². The standard InChI is InChI=1S/C10H14N2O5S/c11-18(15,16)8-4-3-7-17-10-6-2-1-5-9(10)12(13)14/h1-2,5-6H,3-4,7-8H2,(H2,11,15,16). The van der Waals surface area contributed by atoms with Crippen LogP contribution in [0.25, 0.3) is 0 Å². The Bertz CT molecular complexity index is 515. The third kappa shape index (κ3) is 5.11. The minimum Gasteiger partial charge on any atom is -0.487 e. The summed E-state index contributed by atoms with van der Waals surface area (Å²) in [5.41, 5.74) is -0.107. The molecular formula is C10H14N2O5S. The number of benzene rings is 1. The largest absolute Gasteiger partial charge is 0.487 e. The molecule has 8 heteroatoms. The van der Waals surface area contributed by atoms with E-state index in [4.69, 9.17) is 9.88 Å². The van der Waals surface area contributed by atoms with Gasteiger partial charge in [-0.1, -0.05) is 12.1 Å². The van der Waals surface area contributed by atoms with Crippen LogP contribution >= 0.6 is 0 Å². The predicted molar refractivity (Wildman–Crippen MR) is 65.8 cm³/mol. The number of sulfonamides is 1. The van der Waals surface area contributed by atoms with Crippen molar-refractivity contribution in [2.75, 3.05) is 12.4 Å². The first-order chi connectivity index (χ1) is 8.40. The Morgan fingerprint density at radius 3 is 2.56 bits per heavy atom. The number of nitro groups is 1. The number of primary sulfonamides is 1. The molecule has 0 bridgehead atoms. The number of rotatable bonds is 7. The van der Waals surface area contributed by atoms with Gasteiger partial charge in [-0.05, 0) is 18.9 Å². The van der Waals surface area contributed by atoms with E-state index < -0.39 is 14.9 Å². The summed E-state index contributed by atoms with van der Waals surface area (Å²) in [7, 11) is -3.45. The van der Waals surface area contributed by atoms with Crippen LogP contribution < -0.4 is 9.88 Å². The van der Waals surface area contributed by atoms with Crippen molar-refractivity contribution in [1.82, 2.24) is 0 Å². The van der Waals surface area contributed by atoms with Crippen molar-refractivity contribution in [3.05, 3.63) is 34.4 Å². The highest BCUT2D eigenvalue weighted by Crippen LogP contribution is 2.25. The molecule has 18 heavy (non-hydrogen) atoms. The van der Waals surface area contributed by atoms with Gasteiger partial charge in [-0.25, -0.2) is 13.6 Å². The van der Waals surface area contributed by atoms with Crippen molar-refractivity contribution in [1.29, 1.82) is 0 Å². The van der Waals surface area contributed by atoms with E-state index in [0.717, 1.165) is 0 Å². The lowest BCUT2D eigenvalue weighted by Gasteiger charge is -2.05. The fraction of sp³-hybridized carbons (Fsp3) is 0.400. The molecule has 1 aromatic carbocycles. The van der Waals surface area contributed by atoms with E-state index in [-0.39, 0.29) is 23.8 Å². The van der Waals surface area contributed by atoms with Crippen LogP contribution in [-0.2, 0) is 10.0 Å². The van der Waals surface area contributed by atoms with Crippen molar-refractivity contribution in [3.8, 4) is 5.75 Å². The summed E-state index contributed by atoms with van der Waals surface area (Å²) in [6.45, 7) is 0.209. The lowest BCUT2D eigenvalue weighted by atomic mass is 10.3. The smallest absolute Gasteiger partial charge is 0.310 e. The van der Waals surface area contributed by atoms with Gasteiger partial charge in [0.15, 0.2) is 5.75 Å². The molecule has 0 spiro atoms. The van der Waals surface area contributed by atoms with Crippen LogP contribution in [0.5, 0.6) is 5.75 Å². The maximum Gasteiger partial charge on any atom is 0.310 e. The summed E-state index contributed by atoms with van der Waals surface area (Å²) in [5.74, 6) is 0.0610. The predicted octanol–water partition coefficient (Wildman–Crippen LogP) is 1.04. The van der Waals surface area contributed by atoms with Crippen LogP contribution in [0.15, 0.2) is 24.3 Å². The summed E-state index contributed by atoms with van der Waals surface area (Å²) >= 11 is 0. The number of hydrogen-bond acceptors (Lipinski definition) is 5. The van der Waals surface area contributed by atoms with E-state index in [1.807, 2.05) is 0 Å². The second kappa shape index (κ2) is 6.31. The van der Waals surface area contributed by atoms with Crippen LogP contribution in [0.4, 0.5) is 5.69 Å². The maximum absolute atomic E-state index is 10.7. The van der Waals surface area contributed by atoms with Gasteiger partial charge in [-0.3, -0.25) is 10.1 Å². The van der Waals surface area contributed by atoms with Gasteiger partial charge in [0.2, 0.25) is 10.0 Å². The van der Waals surface area contributed by atoms with E-state index in [1.165, 1.54) is 12.1 Å². The summed E-state index contributed by atoms with van der Waals surface area (Å²) in [6.07, 6.45) is 0.821. The van der Waals surface area contributed by atoms with E-state index in [9.17, 15) is 18.5 Å². The monoisotopic (exact) mass is 274 g/mol. The average Bonchev–Trinajstić information content (AvgIpc) is 2.27. The molecule has 7 nitrogen and oxygen atoms in total. The van der Waals surface area contributed by atoms with Gasteiger partial charge >= 0.3 is 5.69 Å². The number of hydrogen-bond donors (Lipinski definition) is 1. The van der Waals surface area contributed by atoms with Gasteiger partial charge in [0.1, 0.15) is 0 Å². The molecule has 1 rings (SSSR count). The third-order valence-corrected chi connectivity index (χ3v) is 3.00. The summed E-state index contributed by atoms with van der Waals surface area (Å²) < 4.78 is 26.5. The second-order valence-corrected chi connectivity index (χ2v) is 5.38. The summed E-state index contributed by atoms with van der Waals surface area (Å²) in [6, 6.07) is 6.02. The first-order valence-corrected chi connectivity index (χ1v) is 6.98. The highest BCUT2D eigenvalue weighted by Gasteiger charge is 2.13. The Morgan fingerprint density at radius 1 is 1.28 bits per heavy atom. The van der Waals surface area contributed by atoms with E-state index in [1.54, 1.807) is 12.1 Å². The number of nitrogens with zero attached hydrogens (tertiary/aromatic N) is 1. The van der Waals surface area contributed by atoms with Crippen LogP contribution in [0.2, 0.25) is 0 Å². The number of nitro benzene ring substituents is 1. The molecule has 0 aromatic heterocycles. The minimum absolute atomic E-state index is 0.107. The number of para-hydroxylation sites is 2. The molecule has 0 saturated heterocycles. The zero-order chi connectivity index (χ0) is 13.6. The Labute approximate surface area is 105 Å². The van der Waals surface area contributed by atoms with Crippen LogP contribution in [0.1, 0.15) is 12.8 Å². The Balaban J connectivity index is 2.42. The summed E-state index contributed by atoms with van der Waals surface area (Å²) in [4.78, 5) is 10.1. The molecule has 1 aromatic rings. The number of unbranched alkanes of at least 4 members (excludes halogenated alkanes) is 1. The minimum atomic E-state index is -3.45. The van der Waals surface area contributed by atoms with E-state index in [0.29, 0.717) is 12.8 Å². The fourth-order valence-electron chi connectivity index (χ4n) is 1.32. The molecule has 0 radical (unpaired) electrons. The summed E-state index contributed by atoms with van der Waals surface area (Å²) in [5, 5.41) is 15.5. The number of ether oxygens (including phenoxy) is 1. The molecule has 0 fully saturated rings. The van der Waals surface area contributed by atoms with Gasteiger partial charge in [0, 0.05) is 6.07 Å². The molecular weight excluding hydrogens is 260 g/mol. The van der Waals surface area contributed by atoms with E-state index >= 15 is 0 Å². The molecule has 0 amide bonds.